The molecule has 1 saturated carbocycles. The molecule has 0 unspecified atom stereocenters. The van der Waals surface area contributed by atoms with Crippen LogP contribution in [0, 0.1) is 17.8 Å². The lowest BCUT2D eigenvalue weighted by Crippen LogP contribution is -2.54. The van der Waals surface area contributed by atoms with Gasteiger partial charge in [0.15, 0.2) is 6.29 Å². The topological polar surface area (TPSA) is 168 Å². The second-order valence-corrected chi connectivity index (χ2v) is 9.08. The van der Waals surface area contributed by atoms with Gasteiger partial charge in [0, 0.05) is 12.3 Å². The second kappa shape index (κ2) is 9.15. The fourth-order valence-corrected chi connectivity index (χ4v) is 4.84. The lowest BCUT2D eigenvalue weighted by molar-refractivity contribution is -0.270. The van der Waals surface area contributed by atoms with Gasteiger partial charge in [-0.15, -0.1) is 0 Å². The van der Waals surface area contributed by atoms with Crippen LogP contribution >= 0.6 is 0 Å². The van der Waals surface area contributed by atoms with E-state index in [0.29, 0.717) is 12.0 Å². The monoisotopic (exact) mass is 460 g/mol. The van der Waals surface area contributed by atoms with Gasteiger partial charge in [0.1, 0.15) is 17.8 Å². The Balaban J connectivity index is 1.50. The van der Waals surface area contributed by atoms with Crippen LogP contribution < -0.4 is 0 Å². The molecule has 3 heterocycles. The highest BCUT2D eigenvalue weighted by molar-refractivity contribution is 5.72. The average Bonchev–Trinajstić information content (AvgIpc) is 3.55. The summed E-state index contributed by atoms with van der Waals surface area (Å²) in [6, 6.07) is 0. The summed E-state index contributed by atoms with van der Waals surface area (Å²) in [5.74, 6) is -2.05. The van der Waals surface area contributed by atoms with Crippen molar-refractivity contribution in [2.24, 2.45) is 17.8 Å². The molecule has 3 aliphatic heterocycles. The number of carbonyl (C=O) groups excluding carboxylic acids is 1. The summed E-state index contributed by atoms with van der Waals surface area (Å²) in [4.78, 5) is 12.4. The smallest absolute Gasteiger partial charge is 0.311 e. The van der Waals surface area contributed by atoms with E-state index in [4.69, 9.17) is 23.7 Å². The van der Waals surface area contributed by atoms with E-state index in [1.54, 1.807) is 6.92 Å². The standard InChI is InChI=1S/C21H32O11/c1-3-9(2)18(26)32-19-14-13(16-17(31-16)21(14,27)8-23)10(6-28-19)7-29-20-15(25)12(24)4-11(5-22)30-20/h6,9,11-17,19-20,22-25,27H,3-5,7-8H2,1-2H3/t9-,11-,12+,13-,14-,15+,16+,17+,19+,20-,21-/m1/s1. The van der Waals surface area contributed by atoms with E-state index in [-0.39, 0.29) is 25.6 Å². The molecule has 0 bridgehead atoms. The quantitative estimate of drug-likeness (QED) is 0.209. The molecule has 32 heavy (non-hydrogen) atoms. The van der Waals surface area contributed by atoms with Gasteiger partial charge in [-0.25, -0.2) is 0 Å². The van der Waals surface area contributed by atoms with Crippen molar-refractivity contribution in [3.8, 4) is 0 Å². The van der Waals surface area contributed by atoms with E-state index in [1.807, 2.05) is 6.92 Å². The first-order valence-corrected chi connectivity index (χ1v) is 11.0. The van der Waals surface area contributed by atoms with Crippen molar-refractivity contribution in [1.29, 1.82) is 0 Å². The molecular weight excluding hydrogens is 428 g/mol. The van der Waals surface area contributed by atoms with E-state index < -0.39 is 73.1 Å². The van der Waals surface area contributed by atoms with Gasteiger partial charge in [-0.05, 0) is 12.0 Å². The van der Waals surface area contributed by atoms with Crippen molar-refractivity contribution in [2.75, 3.05) is 19.8 Å². The molecule has 2 saturated heterocycles. The van der Waals surface area contributed by atoms with Gasteiger partial charge in [0.25, 0.3) is 0 Å². The third-order valence-electron chi connectivity index (χ3n) is 7.03. The molecule has 11 atom stereocenters. The number of hydrogen-bond acceptors (Lipinski definition) is 11. The summed E-state index contributed by atoms with van der Waals surface area (Å²) in [5.41, 5.74) is -1.09. The molecule has 1 aliphatic carbocycles. The normalized spacial score (nSPS) is 45.8. The van der Waals surface area contributed by atoms with Gasteiger partial charge < -0.3 is 49.2 Å². The Hall–Kier alpha value is -1.31. The second-order valence-electron chi connectivity index (χ2n) is 9.08. The van der Waals surface area contributed by atoms with Crippen molar-refractivity contribution in [3.63, 3.8) is 0 Å². The summed E-state index contributed by atoms with van der Waals surface area (Å²) < 4.78 is 28.0. The molecule has 5 N–H and O–H groups in total. The van der Waals surface area contributed by atoms with Gasteiger partial charge in [-0.1, -0.05) is 13.8 Å². The minimum atomic E-state index is -1.66. The minimum Gasteiger partial charge on any atom is -0.462 e. The number of aliphatic hydroxyl groups is 5. The number of rotatable bonds is 8. The first-order chi connectivity index (χ1) is 15.2. The predicted molar refractivity (Wildman–Crippen MR) is 105 cm³/mol. The van der Waals surface area contributed by atoms with Crippen LogP contribution in [0.15, 0.2) is 11.8 Å². The van der Waals surface area contributed by atoms with E-state index in [9.17, 15) is 30.3 Å². The fraction of sp³-hybridized carbons (Fsp3) is 0.857. The van der Waals surface area contributed by atoms with Crippen LogP contribution in [0.4, 0.5) is 0 Å². The Kier molecular flexibility index (Phi) is 6.81. The van der Waals surface area contributed by atoms with E-state index in [1.165, 1.54) is 6.26 Å². The molecule has 0 aromatic carbocycles. The molecule has 11 nitrogen and oxygen atoms in total. The molecule has 0 radical (unpaired) electrons. The molecular formula is C21H32O11. The maximum Gasteiger partial charge on any atom is 0.311 e. The van der Waals surface area contributed by atoms with Gasteiger partial charge in [-0.3, -0.25) is 4.79 Å². The molecule has 182 valence electrons. The highest BCUT2D eigenvalue weighted by Gasteiger charge is 2.74. The third-order valence-corrected chi connectivity index (χ3v) is 7.03. The molecule has 4 rings (SSSR count). The van der Waals surface area contributed by atoms with Crippen LogP contribution in [-0.4, -0.2) is 100 Å². The Bertz CT molecular complexity index is 729. The number of esters is 1. The molecule has 3 fully saturated rings. The molecule has 0 amide bonds. The number of ether oxygens (including phenoxy) is 5. The number of aliphatic hydroxyl groups excluding tert-OH is 4. The summed E-state index contributed by atoms with van der Waals surface area (Å²) in [6.07, 6.45) is -4.35. The summed E-state index contributed by atoms with van der Waals surface area (Å²) in [7, 11) is 0. The maximum atomic E-state index is 12.4. The van der Waals surface area contributed by atoms with Crippen LogP contribution in [0.25, 0.3) is 0 Å². The average molecular weight is 460 g/mol. The highest BCUT2D eigenvalue weighted by atomic mass is 16.7. The molecule has 0 spiro atoms. The van der Waals surface area contributed by atoms with Gasteiger partial charge in [-0.2, -0.15) is 0 Å². The van der Waals surface area contributed by atoms with Crippen molar-refractivity contribution in [2.45, 2.75) is 75.4 Å². The number of carbonyl (C=O) groups is 1. The molecule has 4 aliphatic rings. The lowest BCUT2D eigenvalue weighted by atomic mass is 9.79. The van der Waals surface area contributed by atoms with Crippen LogP contribution in [0.3, 0.4) is 0 Å². The predicted octanol–water partition coefficient (Wildman–Crippen LogP) is -1.60. The van der Waals surface area contributed by atoms with Crippen LogP contribution in [0.1, 0.15) is 26.7 Å². The molecule has 0 aromatic heterocycles. The largest absolute Gasteiger partial charge is 0.462 e. The Morgan fingerprint density at radius 2 is 2.03 bits per heavy atom. The number of epoxide rings is 1. The fourth-order valence-electron chi connectivity index (χ4n) is 4.84. The van der Waals surface area contributed by atoms with Gasteiger partial charge in [0.05, 0.1) is 56.2 Å². The summed E-state index contributed by atoms with van der Waals surface area (Å²) in [5, 5.41) is 50.5. The first-order valence-electron chi connectivity index (χ1n) is 11.0. The van der Waals surface area contributed by atoms with E-state index >= 15 is 0 Å². The van der Waals surface area contributed by atoms with Crippen LogP contribution in [0.2, 0.25) is 0 Å². The van der Waals surface area contributed by atoms with Gasteiger partial charge >= 0.3 is 5.97 Å². The van der Waals surface area contributed by atoms with Crippen molar-refractivity contribution < 1.29 is 54.0 Å². The molecule has 11 heteroatoms. The van der Waals surface area contributed by atoms with Gasteiger partial charge in [0.2, 0.25) is 6.29 Å². The third kappa shape index (κ3) is 4.05. The molecule has 0 aromatic rings. The maximum absolute atomic E-state index is 12.4. The SMILES string of the molecule is CC[C@@H](C)C(=O)O[C@@H]1OC=C(CO[C@@H]2O[C@@H](CO)C[C@H](O)[C@@H]2O)[C@H]2[C@@H]3O[C@@H]3[C@@](O)(CO)[C@@H]12. The zero-order valence-electron chi connectivity index (χ0n) is 18.1. The number of hydrogen-bond donors (Lipinski definition) is 5. The van der Waals surface area contributed by atoms with Crippen LogP contribution in [0.5, 0.6) is 0 Å². The Labute approximate surface area is 185 Å². The van der Waals surface area contributed by atoms with Crippen LogP contribution in [-0.2, 0) is 28.5 Å². The zero-order valence-corrected chi connectivity index (χ0v) is 18.1. The van der Waals surface area contributed by atoms with E-state index in [2.05, 4.69) is 0 Å². The highest BCUT2D eigenvalue weighted by Crippen LogP contribution is 2.58. The van der Waals surface area contributed by atoms with Crippen molar-refractivity contribution in [1.82, 2.24) is 0 Å². The lowest BCUT2D eigenvalue weighted by Gasteiger charge is -2.42. The first kappa shape index (κ1) is 23.8. The van der Waals surface area contributed by atoms with E-state index in [0.717, 1.165) is 0 Å². The minimum absolute atomic E-state index is 0.0817. The van der Waals surface area contributed by atoms with Crippen molar-refractivity contribution >= 4 is 5.97 Å². The summed E-state index contributed by atoms with van der Waals surface area (Å²) in [6.45, 7) is 2.57. The zero-order chi connectivity index (χ0) is 23.2. The number of fused-ring (bicyclic) bond motifs is 3. The Morgan fingerprint density at radius 1 is 1.28 bits per heavy atom. The Morgan fingerprint density at radius 3 is 2.69 bits per heavy atom. The van der Waals surface area contributed by atoms with Crippen molar-refractivity contribution in [3.05, 3.63) is 11.8 Å². The summed E-state index contributed by atoms with van der Waals surface area (Å²) >= 11 is 0.